The minimum Gasteiger partial charge on any atom is -0.399 e. The molecule has 104 valence electrons. The first-order valence-corrected chi connectivity index (χ1v) is 6.78. The molecule has 19 heavy (non-hydrogen) atoms. The number of carbonyl (C=O) groups is 1. The number of anilines is 1. The van der Waals surface area contributed by atoms with Crippen LogP contribution in [0.5, 0.6) is 0 Å². The normalized spacial score (nSPS) is 24.1. The summed E-state index contributed by atoms with van der Waals surface area (Å²) in [7, 11) is 1.73. The fraction of sp³-hybridized carbons (Fsp3) is 0.533. The first-order valence-electron chi connectivity index (χ1n) is 6.78. The maximum atomic E-state index is 12.2. The van der Waals surface area contributed by atoms with Gasteiger partial charge in [-0.2, -0.15) is 0 Å². The summed E-state index contributed by atoms with van der Waals surface area (Å²) in [5, 5.41) is 3.10. The van der Waals surface area contributed by atoms with Gasteiger partial charge in [-0.1, -0.05) is 12.1 Å². The Morgan fingerprint density at radius 2 is 2.26 bits per heavy atom. The summed E-state index contributed by atoms with van der Waals surface area (Å²) in [6.45, 7) is 1.91. The molecule has 2 rings (SSSR count). The summed E-state index contributed by atoms with van der Waals surface area (Å²) < 4.78 is 5.32. The van der Waals surface area contributed by atoms with Crippen molar-refractivity contribution in [2.24, 2.45) is 0 Å². The molecule has 1 aliphatic rings. The van der Waals surface area contributed by atoms with Gasteiger partial charge in [0, 0.05) is 18.8 Å². The summed E-state index contributed by atoms with van der Waals surface area (Å²) in [6, 6.07) is 7.74. The molecule has 4 heteroatoms. The molecule has 1 aromatic carbocycles. The lowest BCUT2D eigenvalue weighted by molar-refractivity contribution is -0.122. The van der Waals surface area contributed by atoms with Gasteiger partial charge in [0.2, 0.25) is 5.91 Å². The first-order chi connectivity index (χ1) is 9.10. The average Bonchev–Trinajstić information content (AvgIpc) is 2.85. The number of carbonyl (C=O) groups excluding carboxylic acids is 1. The van der Waals surface area contributed by atoms with Gasteiger partial charge in [0.1, 0.15) is 0 Å². The molecule has 0 aliphatic heterocycles. The van der Waals surface area contributed by atoms with Crippen molar-refractivity contribution in [1.29, 1.82) is 0 Å². The van der Waals surface area contributed by atoms with E-state index < -0.39 is 0 Å². The van der Waals surface area contributed by atoms with E-state index in [9.17, 15) is 4.79 Å². The quantitative estimate of drug-likeness (QED) is 0.816. The largest absolute Gasteiger partial charge is 0.399 e. The van der Waals surface area contributed by atoms with Gasteiger partial charge < -0.3 is 15.8 Å². The molecule has 1 saturated carbocycles. The number of rotatable bonds is 4. The van der Waals surface area contributed by atoms with E-state index in [2.05, 4.69) is 5.32 Å². The summed E-state index contributed by atoms with van der Waals surface area (Å²) in [5.41, 5.74) is 7.40. The van der Waals surface area contributed by atoms with Crippen LogP contribution in [0.1, 0.15) is 37.7 Å². The predicted octanol–water partition coefficient (Wildman–Crippen LogP) is 2.06. The number of methoxy groups -OCH3 is 1. The van der Waals surface area contributed by atoms with Crippen LogP contribution in [-0.4, -0.2) is 25.2 Å². The van der Waals surface area contributed by atoms with E-state index in [4.69, 9.17) is 10.5 Å². The molecule has 0 saturated heterocycles. The van der Waals surface area contributed by atoms with Gasteiger partial charge in [0.15, 0.2) is 0 Å². The molecule has 1 aliphatic carbocycles. The zero-order valence-corrected chi connectivity index (χ0v) is 11.6. The second-order valence-corrected chi connectivity index (χ2v) is 5.27. The summed E-state index contributed by atoms with van der Waals surface area (Å²) in [6.07, 6.45) is 3.21. The van der Waals surface area contributed by atoms with E-state index in [0.717, 1.165) is 24.8 Å². The minimum absolute atomic E-state index is 0.0624. The van der Waals surface area contributed by atoms with Crippen LogP contribution in [-0.2, 0) is 9.53 Å². The lowest BCUT2D eigenvalue weighted by atomic mass is 9.99. The Hall–Kier alpha value is -1.55. The average molecular weight is 262 g/mol. The van der Waals surface area contributed by atoms with Crippen LogP contribution in [0.2, 0.25) is 0 Å². The van der Waals surface area contributed by atoms with Crippen molar-refractivity contribution in [1.82, 2.24) is 5.32 Å². The number of nitrogens with two attached hydrogens (primary N) is 1. The number of amides is 1. The number of nitrogen functional groups attached to an aromatic ring is 1. The van der Waals surface area contributed by atoms with Gasteiger partial charge in [-0.15, -0.1) is 0 Å². The van der Waals surface area contributed by atoms with Crippen molar-refractivity contribution in [3.63, 3.8) is 0 Å². The third-order valence-electron chi connectivity index (χ3n) is 3.87. The van der Waals surface area contributed by atoms with Crippen molar-refractivity contribution in [2.75, 3.05) is 12.8 Å². The Kier molecular flexibility index (Phi) is 4.43. The van der Waals surface area contributed by atoms with Crippen molar-refractivity contribution in [3.05, 3.63) is 29.8 Å². The molecule has 0 heterocycles. The fourth-order valence-corrected chi connectivity index (χ4v) is 2.59. The number of benzene rings is 1. The third-order valence-corrected chi connectivity index (χ3v) is 3.87. The number of hydrogen-bond acceptors (Lipinski definition) is 3. The maximum Gasteiger partial charge on any atom is 0.227 e. The molecule has 3 unspecified atom stereocenters. The third kappa shape index (κ3) is 3.47. The van der Waals surface area contributed by atoms with Crippen LogP contribution < -0.4 is 11.1 Å². The highest BCUT2D eigenvalue weighted by atomic mass is 16.5. The monoisotopic (exact) mass is 262 g/mol. The van der Waals surface area contributed by atoms with Gasteiger partial charge in [-0.05, 0) is 43.9 Å². The number of hydrogen-bond donors (Lipinski definition) is 2. The second-order valence-electron chi connectivity index (χ2n) is 5.27. The molecule has 0 bridgehead atoms. The Balaban J connectivity index is 1.93. The highest BCUT2D eigenvalue weighted by molar-refractivity contribution is 5.83. The molecule has 1 amide bonds. The zero-order valence-electron chi connectivity index (χ0n) is 11.6. The molecular formula is C15H22N2O2. The second kappa shape index (κ2) is 6.06. The van der Waals surface area contributed by atoms with Crippen LogP contribution in [0, 0.1) is 0 Å². The smallest absolute Gasteiger partial charge is 0.227 e. The zero-order chi connectivity index (χ0) is 13.8. The SMILES string of the molecule is COC1CCC(NC(=O)C(C)c2cccc(N)c2)C1. The molecule has 1 aromatic rings. The summed E-state index contributed by atoms with van der Waals surface area (Å²) in [4.78, 5) is 12.2. The highest BCUT2D eigenvalue weighted by Gasteiger charge is 2.27. The predicted molar refractivity (Wildman–Crippen MR) is 75.8 cm³/mol. The lowest BCUT2D eigenvalue weighted by Gasteiger charge is -2.17. The highest BCUT2D eigenvalue weighted by Crippen LogP contribution is 2.23. The fourth-order valence-electron chi connectivity index (χ4n) is 2.59. The van der Waals surface area contributed by atoms with E-state index >= 15 is 0 Å². The van der Waals surface area contributed by atoms with Gasteiger partial charge in [-0.3, -0.25) is 4.79 Å². The molecule has 4 nitrogen and oxygen atoms in total. The van der Waals surface area contributed by atoms with Crippen molar-refractivity contribution in [2.45, 2.75) is 44.2 Å². The summed E-state index contributed by atoms with van der Waals surface area (Å²) >= 11 is 0. The molecule has 0 spiro atoms. The minimum atomic E-state index is -0.176. The van der Waals surface area contributed by atoms with Gasteiger partial charge in [0.05, 0.1) is 12.0 Å². The van der Waals surface area contributed by atoms with E-state index in [1.165, 1.54) is 0 Å². The number of ether oxygens (including phenoxy) is 1. The van der Waals surface area contributed by atoms with Crippen molar-refractivity contribution < 1.29 is 9.53 Å². The Morgan fingerprint density at radius 1 is 1.47 bits per heavy atom. The van der Waals surface area contributed by atoms with Crippen LogP contribution in [0.4, 0.5) is 5.69 Å². The molecular weight excluding hydrogens is 240 g/mol. The van der Waals surface area contributed by atoms with Gasteiger partial charge >= 0.3 is 0 Å². The van der Waals surface area contributed by atoms with Crippen LogP contribution in [0.3, 0.4) is 0 Å². The lowest BCUT2D eigenvalue weighted by Crippen LogP contribution is -2.36. The molecule has 1 fully saturated rings. The van der Waals surface area contributed by atoms with Gasteiger partial charge in [0.25, 0.3) is 0 Å². The molecule has 0 radical (unpaired) electrons. The van der Waals surface area contributed by atoms with E-state index in [1.54, 1.807) is 7.11 Å². The van der Waals surface area contributed by atoms with Crippen LogP contribution >= 0.6 is 0 Å². The standard InChI is InChI=1S/C15H22N2O2/c1-10(11-4-3-5-12(16)8-11)15(18)17-13-6-7-14(9-13)19-2/h3-5,8,10,13-14H,6-7,9,16H2,1-2H3,(H,17,18). The Labute approximate surface area is 114 Å². The Bertz CT molecular complexity index is 448. The van der Waals surface area contributed by atoms with E-state index in [0.29, 0.717) is 5.69 Å². The molecule has 0 aromatic heterocycles. The van der Waals surface area contributed by atoms with Gasteiger partial charge in [-0.25, -0.2) is 0 Å². The van der Waals surface area contributed by atoms with Crippen molar-refractivity contribution >= 4 is 11.6 Å². The van der Waals surface area contributed by atoms with Crippen molar-refractivity contribution in [3.8, 4) is 0 Å². The number of nitrogens with one attached hydrogen (secondary N) is 1. The Morgan fingerprint density at radius 3 is 2.89 bits per heavy atom. The molecule has 3 atom stereocenters. The van der Waals surface area contributed by atoms with E-state index in [1.807, 2.05) is 31.2 Å². The maximum absolute atomic E-state index is 12.2. The van der Waals surface area contributed by atoms with E-state index in [-0.39, 0.29) is 24.0 Å². The topological polar surface area (TPSA) is 64.3 Å². The van der Waals surface area contributed by atoms with Crippen LogP contribution in [0.25, 0.3) is 0 Å². The summed E-state index contributed by atoms with van der Waals surface area (Å²) in [5.74, 6) is -0.113. The molecule has 3 N–H and O–H groups in total. The van der Waals surface area contributed by atoms with Crippen LogP contribution in [0.15, 0.2) is 24.3 Å². The first kappa shape index (κ1) is 13.9.